The summed E-state index contributed by atoms with van der Waals surface area (Å²) < 4.78 is 5.77. The van der Waals surface area contributed by atoms with Crippen molar-refractivity contribution in [1.29, 1.82) is 0 Å². The number of aromatic nitrogens is 1. The summed E-state index contributed by atoms with van der Waals surface area (Å²) in [5.74, 6) is 0.00599. The lowest BCUT2D eigenvalue weighted by Crippen LogP contribution is -2.49. The predicted molar refractivity (Wildman–Crippen MR) is 77.5 cm³/mol. The number of fused-ring (bicyclic) bond motifs is 1. The fraction of sp³-hybridized carbons (Fsp3) is 0.429. The molecule has 6 nitrogen and oxygen atoms in total. The van der Waals surface area contributed by atoms with Crippen LogP contribution in [0.4, 0.5) is 11.7 Å². The summed E-state index contributed by atoms with van der Waals surface area (Å²) in [4.78, 5) is 18.4. The molecule has 3 N–H and O–H groups in total. The van der Waals surface area contributed by atoms with Gasteiger partial charge in [0, 0.05) is 19.3 Å². The Balaban J connectivity index is 1.97. The van der Waals surface area contributed by atoms with Gasteiger partial charge < -0.3 is 20.4 Å². The highest BCUT2D eigenvalue weighted by molar-refractivity contribution is 5.85. The third-order valence-corrected chi connectivity index (χ3v) is 3.70. The van der Waals surface area contributed by atoms with E-state index in [-0.39, 0.29) is 11.9 Å². The molecule has 1 unspecified atom stereocenters. The van der Waals surface area contributed by atoms with Gasteiger partial charge in [-0.1, -0.05) is 0 Å². The molecule has 0 bridgehead atoms. The number of nitrogen functional groups attached to an aromatic ring is 1. The maximum absolute atomic E-state index is 12.0. The van der Waals surface area contributed by atoms with E-state index in [0.717, 1.165) is 31.3 Å². The number of anilines is 2. The molecule has 1 atom stereocenters. The molecule has 1 aliphatic heterocycles. The lowest BCUT2D eigenvalue weighted by Gasteiger charge is -2.32. The van der Waals surface area contributed by atoms with Crippen molar-refractivity contribution in [1.82, 2.24) is 10.3 Å². The van der Waals surface area contributed by atoms with Crippen LogP contribution in [0.5, 0.6) is 0 Å². The number of nitrogens with two attached hydrogens (primary N) is 1. The zero-order valence-corrected chi connectivity index (χ0v) is 11.4. The molecule has 1 aromatic carbocycles. The van der Waals surface area contributed by atoms with Gasteiger partial charge in [0.05, 0.1) is 0 Å². The van der Waals surface area contributed by atoms with Crippen LogP contribution in [0.25, 0.3) is 11.1 Å². The van der Waals surface area contributed by atoms with Gasteiger partial charge in [0.2, 0.25) is 5.91 Å². The molecule has 0 saturated carbocycles. The van der Waals surface area contributed by atoms with E-state index >= 15 is 0 Å². The second kappa shape index (κ2) is 5.03. The Kier molecular flexibility index (Phi) is 3.22. The Hall–Kier alpha value is -2.24. The molecule has 0 aliphatic carbocycles. The first-order valence-corrected chi connectivity index (χ1v) is 6.83. The molecule has 1 aliphatic rings. The second-order valence-electron chi connectivity index (χ2n) is 5.04. The molecule has 20 heavy (non-hydrogen) atoms. The Morgan fingerprint density at radius 3 is 3.15 bits per heavy atom. The normalized spacial score (nSPS) is 19.2. The minimum atomic E-state index is -0.209. The predicted octanol–water partition coefficient (Wildman–Crippen LogP) is 1.51. The molecule has 0 radical (unpaired) electrons. The van der Waals surface area contributed by atoms with Crippen LogP contribution >= 0.6 is 0 Å². The van der Waals surface area contributed by atoms with E-state index in [1.807, 2.05) is 4.90 Å². The monoisotopic (exact) mass is 274 g/mol. The summed E-state index contributed by atoms with van der Waals surface area (Å²) in [5, 5.41) is 2.71. The first-order chi connectivity index (χ1) is 9.69. The topological polar surface area (TPSA) is 84.4 Å². The van der Waals surface area contributed by atoms with Gasteiger partial charge in [-0.3, -0.25) is 4.79 Å². The molecule has 106 valence electrons. The van der Waals surface area contributed by atoms with Gasteiger partial charge in [0.25, 0.3) is 6.01 Å². The van der Waals surface area contributed by atoms with Crippen LogP contribution in [-0.4, -0.2) is 30.5 Å². The number of nitrogens with zero attached hydrogens (tertiary/aromatic N) is 2. The van der Waals surface area contributed by atoms with Gasteiger partial charge in [0.15, 0.2) is 5.58 Å². The van der Waals surface area contributed by atoms with Crippen molar-refractivity contribution in [2.75, 3.05) is 24.2 Å². The van der Waals surface area contributed by atoms with Crippen LogP contribution in [-0.2, 0) is 4.79 Å². The van der Waals surface area contributed by atoms with Crippen molar-refractivity contribution in [3.05, 3.63) is 18.2 Å². The van der Waals surface area contributed by atoms with Crippen LogP contribution in [0.2, 0.25) is 0 Å². The van der Waals surface area contributed by atoms with Crippen LogP contribution < -0.4 is 16.0 Å². The smallest absolute Gasteiger partial charge is 0.299 e. The lowest BCUT2D eigenvalue weighted by atomic mass is 10.0. The summed E-state index contributed by atoms with van der Waals surface area (Å²) in [6.45, 7) is 0.778. The van der Waals surface area contributed by atoms with Crippen LogP contribution in [0, 0.1) is 0 Å². The van der Waals surface area contributed by atoms with Crippen molar-refractivity contribution >= 4 is 28.7 Å². The minimum absolute atomic E-state index is 0.00599. The van der Waals surface area contributed by atoms with E-state index in [1.54, 1.807) is 25.2 Å². The average Bonchev–Trinajstić information content (AvgIpc) is 2.89. The number of carbonyl (C=O) groups is 1. The van der Waals surface area contributed by atoms with Crippen LogP contribution in [0.3, 0.4) is 0 Å². The van der Waals surface area contributed by atoms with Gasteiger partial charge in [-0.15, -0.1) is 0 Å². The Bertz CT molecular complexity index is 637. The number of likely N-dealkylation sites (N-methyl/N-ethyl adjacent to an activating group) is 1. The first-order valence-electron chi connectivity index (χ1n) is 6.83. The molecule has 1 fully saturated rings. The number of oxazole rings is 1. The largest absolute Gasteiger partial charge is 0.423 e. The van der Waals surface area contributed by atoms with E-state index in [4.69, 9.17) is 10.2 Å². The van der Waals surface area contributed by atoms with E-state index in [9.17, 15) is 4.79 Å². The van der Waals surface area contributed by atoms with E-state index < -0.39 is 0 Å². The van der Waals surface area contributed by atoms with Crippen molar-refractivity contribution in [2.24, 2.45) is 0 Å². The molecular weight excluding hydrogens is 256 g/mol. The zero-order chi connectivity index (χ0) is 14.1. The third-order valence-electron chi connectivity index (χ3n) is 3.70. The number of nitrogens with one attached hydrogen (secondary N) is 1. The quantitative estimate of drug-likeness (QED) is 0.811. The van der Waals surface area contributed by atoms with Crippen LogP contribution in [0.1, 0.15) is 19.3 Å². The van der Waals surface area contributed by atoms with Gasteiger partial charge in [-0.25, -0.2) is 0 Å². The fourth-order valence-corrected chi connectivity index (χ4v) is 2.65. The highest BCUT2D eigenvalue weighted by Crippen LogP contribution is 2.28. The minimum Gasteiger partial charge on any atom is -0.423 e. The highest BCUT2D eigenvalue weighted by Gasteiger charge is 2.31. The number of hydrogen-bond donors (Lipinski definition) is 2. The van der Waals surface area contributed by atoms with Gasteiger partial charge in [0.1, 0.15) is 11.6 Å². The molecule has 1 saturated heterocycles. The highest BCUT2D eigenvalue weighted by atomic mass is 16.4. The molecular formula is C14H18N4O2. The maximum Gasteiger partial charge on any atom is 0.299 e. The number of carbonyl (C=O) groups excluding carboxylic acids is 1. The first kappa shape index (κ1) is 12.8. The summed E-state index contributed by atoms with van der Waals surface area (Å²) >= 11 is 0. The number of piperidine rings is 1. The van der Waals surface area contributed by atoms with Crippen molar-refractivity contribution in [3.8, 4) is 0 Å². The summed E-state index contributed by atoms with van der Waals surface area (Å²) in [6, 6.07) is 5.66. The van der Waals surface area contributed by atoms with Gasteiger partial charge in [-0.2, -0.15) is 4.98 Å². The lowest BCUT2D eigenvalue weighted by molar-refractivity contribution is -0.122. The van der Waals surface area contributed by atoms with Crippen LogP contribution in [0.15, 0.2) is 22.6 Å². The molecule has 1 aromatic heterocycles. The number of amides is 1. The van der Waals surface area contributed by atoms with Crippen molar-refractivity contribution in [3.63, 3.8) is 0 Å². The average molecular weight is 274 g/mol. The Labute approximate surface area is 116 Å². The summed E-state index contributed by atoms with van der Waals surface area (Å²) in [7, 11) is 1.65. The molecule has 2 aromatic rings. The maximum atomic E-state index is 12.0. The SMILES string of the molecule is CNC(=O)C1CCCCN1c1nc2cc(N)ccc2o1. The Morgan fingerprint density at radius 1 is 1.50 bits per heavy atom. The fourth-order valence-electron chi connectivity index (χ4n) is 2.65. The number of rotatable bonds is 2. The number of benzene rings is 1. The Morgan fingerprint density at radius 2 is 2.35 bits per heavy atom. The standard InChI is InChI=1S/C14H18N4O2/c1-16-13(19)11-4-2-3-7-18(11)14-17-10-8-9(15)5-6-12(10)20-14/h5-6,8,11H,2-4,7,15H2,1H3,(H,16,19). The van der Waals surface area contributed by atoms with E-state index in [1.165, 1.54) is 0 Å². The van der Waals surface area contributed by atoms with E-state index in [0.29, 0.717) is 17.3 Å². The number of hydrogen-bond acceptors (Lipinski definition) is 5. The second-order valence-corrected chi connectivity index (χ2v) is 5.04. The molecule has 2 heterocycles. The molecule has 1 amide bonds. The zero-order valence-electron chi connectivity index (χ0n) is 11.4. The van der Waals surface area contributed by atoms with Crippen molar-refractivity contribution in [2.45, 2.75) is 25.3 Å². The molecule has 6 heteroatoms. The van der Waals surface area contributed by atoms with Gasteiger partial charge >= 0.3 is 0 Å². The van der Waals surface area contributed by atoms with Gasteiger partial charge in [-0.05, 0) is 37.5 Å². The third kappa shape index (κ3) is 2.17. The molecule has 3 rings (SSSR count). The van der Waals surface area contributed by atoms with E-state index in [2.05, 4.69) is 10.3 Å². The molecule has 0 spiro atoms. The summed E-state index contributed by atoms with van der Waals surface area (Å²) in [5.41, 5.74) is 7.81. The van der Waals surface area contributed by atoms with Crippen molar-refractivity contribution < 1.29 is 9.21 Å². The summed E-state index contributed by atoms with van der Waals surface area (Å²) in [6.07, 6.45) is 2.90.